The molecular weight excluding hydrogens is 304 g/mol. The monoisotopic (exact) mass is 330 g/mol. The van der Waals surface area contributed by atoms with Gasteiger partial charge in [-0.25, -0.2) is 0 Å². The van der Waals surface area contributed by atoms with E-state index in [0.717, 1.165) is 17.8 Å². The number of fused-ring (bicyclic) bond motifs is 1. The molecule has 0 bridgehead atoms. The zero-order valence-electron chi connectivity index (χ0n) is 14.5. The normalized spacial score (nSPS) is 21.2. The van der Waals surface area contributed by atoms with Crippen molar-refractivity contribution < 1.29 is 14.3 Å². The lowest BCUT2D eigenvalue weighted by Crippen LogP contribution is -2.41. The van der Waals surface area contributed by atoms with Gasteiger partial charge in [0.25, 0.3) is 5.91 Å². The van der Waals surface area contributed by atoms with Crippen LogP contribution in [0.3, 0.4) is 0 Å². The average molecular weight is 330 g/mol. The molecular formula is C19H26N2O3. The molecule has 5 heteroatoms. The SMILES string of the molecule is CC1Oc2cc(NC(=O)CCC3CCCCC3)ccc2N(C)C1=O. The Labute approximate surface area is 143 Å². The third-order valence-electron chi connectivity index (χ3n) is 5.09. The molecule has 24 heavy (non-hydrogen) atoms. The van der Waals surface area contributed by atoms with Crippen molar-refractivity contribution in [2.45, 2.75) is 58.0 Å². The third-order valence-corrected chi connectivity index (χ3v) is 5.09. The maximum atomic E-state index is 12.2. The zero-order valence-corrected chi connectivity index (χ0v) is 14.5. The predicted molar refractivity (Wildman–Crippen MR) is 94.4 cm³/mol. The van der Waals surface area contributed by atoms with Crippen LogP contribution in [-0.4, -0.2) is 25.0 Å². The van der Waals surface area contributed by atoms with Crippen LogP contribution in [0.2, 0.25) is 0 Å². The number of ether oxygens (including phenoxy) is 1. The van der Waals surface area contributed by atoms with E-state index >= 15 is 0 Å². The topological polar surface area (TPSA) is 58.6 Å². The molecule has 2 aliphatic rings. The summed E-state index contributed by atoms with van der Waals surface area (Å²) in [5.74, 6) is 1.33. The lowest BCUT2D eigenvalue weighted by molar-refractivity contribution is -0.125. The Hall–Kier alpha value is -2.04. The van der Waals surface area contributed by atoms with Gasteiger partial charge in [-0.3, -0.25) is 9.59 Å². The highest BCUT2D eigenvalue weighted by molar-refractivity contribution is 6.00. The van der Waals surface area contributed by atoms with Gasteiger partial charge in [-0.2, -0.15) is 0 Å². The third kappa shape index (κ3) is 3.71. The highest BCUT2D eigenvalue weighted by atomic mass is 16.5. The first-order valence-electron chi connectivity index (χ1n) is 8.92. The Balaban J connectivity index is 1.58. The van der Waals surface area contributed by atoms with Crippen LogP contribution in [0.5, 0.6) is 5.75 Å². The summed E-state index contributed by atoms with van der Waals surface area (Å²) in [4.78, 5) is 25.7. The minimum absolute atomic E-state index is 0.0498. The van der Waals surface area contributed by atoms with Crippen LogP contribution in [0.25, 0.3) is 0 Å². The number of hydrogen-bond donors (Lipinski definition) is 1. The van der Waals surface area contributed by atoms with E-state index in [2.05, 4.69) is 5.32 Å². The molecule has 5 nitrogen and oxygen atoms in total. The molecule has 0 spiro atoms. The maximum absolute atomic E-state index is 12.2. The van der Waals surface area contributed by atoms with Gasteiger partial charge in [0.2, 0.25) is 5.91 Å². The molecule has 1 unspecified atom stereocenters. The quantitative estimate of drug-likeness (QED) is 0.915. The number of amides is 2. The minimum Gasteiger partial charge on any atom is -0.479 e. The molecule has 1 aliphatic carbocycles. The summed E-state index contributed by atoms with van der Waals surface area (Å²) in [6.07, 6.45) is 7.51. The first-order chi connectivity index (χ1) is 11.5. The van der Waals surface area contributed by atoms with Crippen molar-refractivity contribution in [3.63, 3.8) is 0 Å². The average Bonchev–Trinajstić information content (AvgIpc) is 2.59. The second kappa shape index (κ2) is 7.24. The van der Waals surface area contributed by atoms with Gasteiger partial charge in [-0.15, -0.1) is 0 Å². The summed E-state index contributed by atoms with van der Waals surface area (Å²) in [7, 11) is 1.74. The highest BCUT2D eigenvalue weighted by Crippen LogP contribution is 2.35. The molecule has 1 fully saturated rings. The van der Waals surface area contributed by atoms with Gasteiger partial charge in [-0.05, 0) is 31.4 Å². The minimum atomic E-state index is -0.500. The Kier molecular flexibility index (Phi) is 5.07. The van der Waals surface area contributed by atoms with Gasteiger partial charge in [0.05, 0.1) is 5.69 Å². The molecule has 0 radical (unpaired) electrons. The maximum Gasteiger partial charge on any atom is 0.267 e. The Morgan fingerprint density at radius 1 is 1.29 bits per heavy atom. The fourth-order valence-electron chi connectivity index (χ4n) is 3.63. The van der Waals surface area contributed by atoms with E-state index in [1.807, 2.05) is 12.1 Å². The highest BCUT2D eigenvalue weighted by Gasteiger charge is 2.29. The Morgan fingerprint density at radius 2 is 2.04 bits per heavy atom. The van der Waals surface area contributed by atoms with Crippen LogP contribution < -0.4 is 15.0 Å². The molecule has 3 rings (SSSR count). The van der Waals surface area contributed by atoms with E-state index < -0.39 is 6.10 Å². The van der Waals surface area contributed by atoms with E-state index in [1.165, 1.54) is 32.1 Å². The summed E-state index contributed by atoms with van der Waals surface area (Å²) in [6.45, 7) is 1.73. The lowest BCUT2D eigenvalue weighted by atomic mass is 9.86. The molecule has 2 amide bonds. The van der Waals surface area contributed by atoms with Crippen molar-refractivity contribution in [2.24, 2.45) is 5.92 Å². The number of benzene rings is 1. The Bertz CT molecular complexity index is 623. The fraction of sp³-hybridized carbons (Fsp3) is 0.579. The summed E-state index contributed by atoms with van der Waals surface area (Å²) < 4.78 is 5.65. The number of likely N-dealkylation sites (N-methyl/N-ethyl adjacent to an activating group) is 1. The number of anilines is 2. The molecule has 0 aromatic heterocycles. The second-order valence-electron chi connectivity index (χ2n) is 6.93. The summed E-state index contributed by atoms with van der Waals surface area (Å²) in [5.41, 5.74) is 1.45. The molecule has 1 heterocycles. The first-order valence-corrected chi connectivity index (χ1v) is 8.92. The van der Waals surface area contributed by atoms with Crippen LogP contribution >= 0.6 is 0 Å². The number of nitrogens with zero attached hydrogens (tertiary/aromatic N) is 1. The van der Waals surface area contributed by atoms with E-state index in [0.29, 0.717) is 18.1 Å². The van der Waals surface area contributed by atoms with Gasteiger partial charge < -0.3 is 15.0 Å². The van der Waals surface area contributed by atoms with Crippen molar-refractivity contribution in [1.82, 2.24) is 0 Å². The van der Waals surface area contributed by atoms with E-state index in [1.54, 1.807) is 24.9 Å². The van der Waals surface area contributed by atoms with Crippen molar-refractivity contribution in [2.75, 3.05) is 17.3 Å². The molecule has 1 aromatic carbocycles. The van der Waals surface area contributed by atoms with Crippen LogP contribution in [0, 0.1) is 5.92 Å². The first kappa shape index (κ1) is 16.8. The molecule has 1 atom stereocenters. The van der Waals surface area contributed by atoms with E-state index in [-0.39, 0.29) is 11.8 Å². The predicted octanol–water partition coefficient (Wildman–Crippen LogP) is 3.73. The molecule has 1 aliphatic heterocycles. The van der Waals surface area contributed by atoms with Gasteiger partial charge >= 0.3 is 0 Å². The molecule has 1 aromatic rings. The van der Waals surface area contributed by atoms with Gasteiger partial charge in [0, 0.05) is 25.2 Å². The molecule has 1 N–H and O–H groups in total. The number of carbonyl (C=O) groups is 2. The van der Waals surface area contributed by atoms with Gasteiger partial charge in [0.15, 0.2) is 6.10 Å². The molecule has 130 valence electrons. The second-order valence-corrected chi connectivity index (χ2v) is 6.93. The fourth-order valence-corrected chi connectivity index (χ4v) is 3.63. The van der Waals surface area contributed by atoms with Crippen molar-refractivity contribution in [3.05, 3.63) is 18.2 Å². The lowest BCUT2D eigenvalue weighted by Gasteiger charge is -2.30. The summed E-state index contributed by atoms with van der Waals surface area (Å²) in [5, 5.41) is 2.95. The van der Waals surface area contributed by atoms with Crippen molar-refractivity contribution >= 4 is 23.2 Å². The zero-order chi connectivity index (χ0) is 17.1. The van der Waals surface area contributed by atoms with Crippen LogP contribution in [0.4, 0.5) is 11.4 Å². The number of rotatable bonds is 4. The molecule has 1 saturated carbocycles. The van der Waals surface area contributed by atoms with Gasteiger partial charge in [0.1, 0.15) is 5.75 Å². The smallest absolute Gasteiger partial charge is 0.267 e. The van der Waals surface area contributed by atoms with E-state index in [4.69, 9.17) is 4.74 Å². The summed E-state index contributed by atoms with van der Waals surface area (Å²) in [6, 6.07) is 5.43. The number of nitrogens with one attached hydrogen (secondary N) is 1. The summed E-state index contributed by atoms with van der Waals surface area (Å²) >= 11 is 0. The van der Waals surface area contributed by atoms with Crippen molar-refractivity contribution in [3.8, 4) is 5.75 Å². The standard InChI is InChI=1S/C19H26N2O3/c1-13-19(23)21(2)16-10-9-15(12-17(16)24-13)20-18(22)11-8-14-6-4-3-5-7-14/h9-10,12-14H,3-8,11H2,1-2H3,(H,20,22). The Morgan fingerprint density at radius 3 is 2.79 bits per heavy atom. The number of carbonyl (C=O) groups excluding carboxylic acids is 2. The van der Waals surface area contributed by atoms with Gasteiger partial charge in [-0.1, -0.05) is 32.1 Å². The number of hydrogen-bond acceptors (Lipinski definition) is 3. The van der Waals surface area contributed by atoms with Crippen LogP contribution in [-0.2, 0) is 9.59 Å². The van der Waals surface area contributed by atoms with E-state index in [9.17, 15) is 9.59 Å². The molecule has 0 saturated heterocycles. The van der Waals surface area contributed by atoms with Crippen LogP contribution in [0.1, 0.15) is 51.9 Å². The van der Waals surface area contributed by atoms with Crippen LogP contribution in [0.15, 0.2) is 18.2 Å². The largest absolute Gasteiger partial charge is 0.479 e. The van der Waals surface area contributed by atoms with Crippen molar-refractivity contribution in [1.29, 1.82) is 0 Å².